The summed E-state index contributed by atoms with van der Waals surface area (Å²) >= 11 is 5.92. The lowest BCUT2D eigenvalue weighted by Gasteiger charge is -2.33. The molecule has 0 aliphatic carbocycles. The van der Waals surface area contributed by atoms with Crippen molar-refractivity contribution < 1.29 is 14.3 Å². The summed E-state index contributed by atoms with van der Waals surface area (Å²) in [5.41, 5.74) is 0. The lowest BCUT2D eigenvalue weighted by Crippen LogP contribution is -2.47. The van der Waals surface area contributed by atoms with E-state index in [9.17, 15) is 9.59 Å². The minimum absolute atomic E-state index is 0.00537. The Kier molecular flexibility index (Phi) is 6.74. The van der Waals surface area contributed by atoms with E-state index in [0.29, 0.717) is 29.8 Å². The van der Waals surface area contributed by atoms with Gasteiger partial charge in [0.2, 0.25) is 5.91 Å². The fourth-order valence-electron chi connectivity index (χ4n) is 3.53. The van der Waals surface area contributed by atoms with Gasteiger partial charge in [-0.1, -0.05) is 17.7 Å². The number of carbonyl (C=O) groups excluding carboxylic acids is 2. The van der Waals surface area contributed by atoms with Gasteiger partial charge in [0, 0.05) is 24.7 Å². The normalized spacial score (nSPS) is 22.9. The molecule has 2 fully saturated rings. The SMILES string of the molecule is O=C(NCC1CCCN(C(=O)COc2cccc(Cl)c2)C1)C1CCCN1. The third-order valence-electron chi connectivity index (χ3n) is 4.97. The van der Waals surface area contributed by atoms with Crippen molar-refractivity contribution in [3.63, 3.8) is 0 Å². The molecular weight excluding hydrogens is 354 g/mol. The van der Waals surface area contributed by atoms with Gasteiger partial charge in [-0.05, 0) is 56.3 Å². The van der Waals surface area contributed by atoms with Crippen LogP contribution in [0.25, 0.3) is 0 Å². The first-order chi connectivity index (χ1) is 12.6. The van der Waals surface area contributed by atoms with Crippen LogP contribution in [0.4, 0.5) is 0 Å². The Labute approximate surface area is 159 Å². The molecule has 2 atom stereocenters. The third kappa shape index (κ3) is 5.35. The number of carbonyl (C=O) groups is 2. The van der Waals surface area contributed by atoms with Crippen LogP contribution in [0.5, 0.6) is 5.75 Å². The van der Waals surface area contributed by atoms with E-state index in [1.165, 1.54) is 0 Å². The van der Waals surface area contributed by atoms with Gasteiger partial charge in [0.1, 0.15) is 5.75 Å². The number of rotatable bonds is 6. The van der Waals surface area contributed by atoms with Gasteiger partial charge >= 0.3 is 0 Å². The molecule has 1 aromatic carbocycles. The van der Waals surface area contributed by atoms with E-state index >= 15 is 0 Å². The number of nitrogens with zero attached hydrogens (tertiary/aromatic N) is 1. The Morgan fingerprint density at radius 1 is 1.31 bits per heavy atom. The van der Waals surface area contributed by atoms with E-state index < -0.39 is 0 Å². The Morgan fingerprint density at radius 3 is 2.96 bits per heavy atom. The molecule has 142 valence electrons. The molecule has 1 aromatic rings. The monoisotopic (exact) mass is 379 g/mol. The summed E-state index contributed by atoms with van der Waals surface area (Å²) in [7, 11) is 0. The Balaban J connectivity index is 1.42. The molecule has 0 spiro atoms. The number of likely N-dealkylation sites (tertiary alicyclic amines) is 1. The molecule has 2 N–H and O–H groups in total. The number of piperidine rings is 1. The van der Waals surface area contributed by atoms with Crippen LogP contribution < -0.4 is 15.4 Å². The van der Waals surface area contributed by atoms with Gasteiger partial charge in [0.25, 0.3) is 5.91 Å². The third-order valence-corrected chi connectivity index (χ3v) is 5.21. The van der Waals surface area contributed by atoms with Gasteiger partial charge in [-0.15, -0.1) is 0 Å². The van der Waals surface area contributed by atoms with Crippen LogP contribution in [0, 0.1) is 5.92 Å². The zero-order valence-electron chi connectivity index (χ0n) is 14.9. The van der Waals surface area contributed by atoms with Gasteiger partial charge in [-0.25, -0.2) is 0 Å². The molecule has 2 unspecified atom stereocenters. The highest BCUT2D eigenvalue weighted by atomic mass is 35.5. The van der Waals surface area contributed by atoms with E-state index in [1.807, 2.05) is 4.90 Å². The topological polar surface area (TPSA) is 70.7 Å². The van der Waals surface area contributed by atoms with Crippen molar-refractivity contribution in [1.29, 1.82) is 0 Å². The standard InChI is InChI=1S/C19H26ClN3O3/c20-15-5-1-6-16(10-15)26-13-18(24)23-9-3-4-14(12-23)11-22-19(25)17-7-2-8-21-17/h1,5-6,10,14,17,21H,2-4,7-9,11-13H2,(H,22,25). The largest absolute Gasteiger partial charge is 0.484 e. The van der Waals surface area contributed by atoms with Crippen LogP contribution in [-0.2, 0) is 9.59 Å². The summed E-state index contributed by atoms with van der Waals surface area (Å²) in [6.45, 7) is 2.94. The predicted octanol–water partition coefficient (Wildman–Crippen LogP) is 1.83. The van der Waals surface area contributed by atoms with Crippen LogP contribution in [0.1, 0.15) is 25.7 Å². The summed E-state index contributed by atoms with van der Waals surface area (Å²) in [4.78, 5) is 26.4. The van der Waals surface area contributed by atoms with E-state index in [1.54, 1.807) is 24.3 Å². The van der Waals surface area contributed by atoms with Crippen LogP contribution in [0.3, 0.4) is 0 Å². The van der Waals surface area contributed by atoms with Gasteiger partial charge < -0.3 is 20.3 Å². The fourth-order valence-corrected chi connectivity index (χ4v) is 3.71. The summed E-state index contributed by atoms with van der Waals surface area (Å²) in [6, 6.07) is 6.98. The maximum absolute atomic E-state index is 12.4. The number of ether oxygens (including phenoxy) is 1. The molecule has 0 radical (unpaired) electrons. The first kappa shape index (κ1) is 19.0. The van der Waals surface area contributed by atoms with Crippen molar-refractivity contribution in [2.24, 2.45) is 5.92 Å². The zero-order valence-corrected chi connectivity index (χ0v) is 15.6. The summed E-state index contributed by atoms with van der Waals surface area (Å²) in [5, 5.41) is 6.82. The van der Waals surface area contributed by atoms with Crippen molar-refractivity contribution in [3.05, 3.63) is 29.3 Å². The van der Waals surface area contributed by atoms with Gasteiger partial charge in [-0.2, -0.15) is 0 Å². The number of hydrogen-bond acceptors (Lipinski definition) is 4. The minimum Gasteiger partial charge on any atom is -0.484 e. The Bertz CT molecular complexity index is 634. The highest BCUT2D eigenvalue weighted by Gasteiger charge is 2.26. The van der Waals surface area contributed by atoms with Crippen molar-refractivity contribution in [2.45, 2.75) is 31.7 Å². The van der Waals surface area contributed by atoms with Crippen molar-refractivity contribution in [2.75, 3.05) is 32.8 Å². The summed E-state index contributed by atoms with van der Waals surface area (Å²) in [5.74, 6) is 0.939. The maximum atomic E-state index is 12.4. The Hall–Kier alpha value is -1.79. The van der Waals surface area contributed by atoms with Gasteiger partial charge in [0.05, 0.1) is 6.04 Å². The van der Waals surface area contributed by atoms with E-state index in [2.05, 4.69) is 10.6 Å². The van der Waals surface area contributed by atoms with E-state index in [-0.39, 0.29) is 24.5 Å². The number of benzene rings is 1. The molecule has 26 heavy (non-hydrogen) atoms. The molecule has 6 nitrogen and oxygen atoms in total. The van der Waals surface area contributed by atoms with Crippen molar-refractivity contribution in [3.8, 4) is 5.75 Å². The van der Waals surface area contributed by atoms with Gasteiger partial charge in [-0.3, -0.25) is 9.59 Å². The molecule has 2 aliphatic heterocycles. The maximum Gasteiger partial charge on any atom is 0.260 e. The van der Waals surface area contributed by atoms with E-state index in [4.69, 9.17) is 16.3 Å². The van der Waals surface area contributed by atoms with Crippen LogP contribution in [0.2, 0.25) is 5.02 Å². The molecule has 2 saturated heterocycles. The number of halogens is 1. The fraction of sp³-hybridized carbons (Fsp3) is 0.579. The van der Waals surface area contributed by atoms with Crippen LogP contribution in [0.15, 0.2) is 24.3 Å². The molecule has 2 amide bonds. The second kappa shape index (κ2) is 9.24. The number of hydrogen-bond donors (Lipinski definition) is 2. The lowest BCUT2D eigenvalue weighted by molar-refractivity contribution is -0.135. The quantitative estimate of drug-likeness (QED) is 0.791. The molecule has 0 aromatic heterocycles. The average Bonchev–Trinajstić information content (AvgIpc) is 3.19. The smallest absolute Gasteiger partial charge is 0.260 e. The molecule has 0 saturated carbocycles. The van der Waals surface area contributed by atoms with Crippen LogP contribution in [-0.4, -0.2) is 55.5 Å². The molecule has 2 heterocycles. The predicted molar refractivity (Wildman–Crippen MR) is 100 cm³/mol. The summed E-state index contributed by atoms with van der Waals surface area (Å²) in [6.07, 6.45) is 3.93. The van der Waals surface area contributed by atoms with Crippen molar-refractivity contribution >= 4 is 23.4 Å². The molecule has 3 rings (SSSR count). The number of nitrogens with one attached hydrogen (secondary N) is 2. The van der Waals surface area contributed by atoms with Crippen molar-refractivity contribution in [1.82, 2.24) is 15.5 Å². The van der Waals surface area contributed by atoms with E-state index in [0.717, 1.165) is 38.8 Å². The highest BCUT2D eigenvalue weighted by Crippen LogP contribution is 2.19. The molecule has 2 aliphatic rings. The second-order valence-electron chi connectivity index (χ2n) is 6.99. The molecular formula is C19H26ClN3O3. The zero-order chi connectivity index (χ0) is 18.4. The van der Waals surface area contributed by atoms with Gasteiger partial charge in [0.15, 0.2) is 6.61 Å². The number of amides is 2. The molecule has 0 bridgehead atoms. The summed E-state index contributed by atoms with van der Waals surface area (Å²) < 4.78 is 5.55. The average molecular weight is 380 g/mol. The lowest BCUT2D eigenvalue weighted by atomic mass is 9.97. The Morgan fingerprint density at radius 2 is 2.19 bits per heavy atom. The highest BCUT2D eigenvalue weighted by molar-refractivity contribution is 6.30. The first-order valence-electron chi connectivity index (χ1n) is 9.29. The minimum atomic E-state index is -0.0533. The molecule has 7 heteroatoms. The second-order valence-corrected chi connectivity index (χ2v) is 7.42. The van der Waals surface area contributed by atoms with Crippen LogP contribution >= 0.6 is 11.6 Å². The first-order valence-corrected chi connectivity index (χ1v) is 9.67.